The van der Waals surface area contributed by atoms with Crippen molar-refractivity contribution in [3.8, 4) is 0 Å². The molecule has 1 aliphatic carbocycles. The fraction of sp³-hybridized carbons (Fsp3) is 0.600. The summed E-state index contributed by atoms with van der Waals surface area (Å²) in [5.74, 6) is 0.957. The molecular formula is C15H20F3N. The SMILES string of the molecule is CCNCC1CCCC1c1ccc(C(F)(F)F)cc1. The van der Waals surface area contributed by atoms with Crippen LogP contribution in [0.4, 0.5) is 13.2 Å². The third-order valence-electron chi connectivity index (χ3n) is 3.98. The summed E-state index contributed by atoms with van der Waals surface area (Å²) in [6.45, 7) is 3.97. The summed E-state index contributed by atoms with van der Waals surface area (Å²) in [6.07, 6.45) is -0.820. The summed E-state index contributed by atoms with van der Waals surface area (Å²) in [4.78, 5) is 0. The number of hydrogen-bond acceptors (Lipinski definition) is 1. The Balaban J connectivity index is 2.08. The molecule has 0 spiro atoms. The highest BCUT2D eigenvalue weighted by molar-refractivity contribution is 5.28. The molecule has 0 aliphatic heterocycles. The molecule has 1 N–H and O–H groups in total. The van der Waals surface area contributed by atoms with Crippen LogP contribution in [0.3, 0.4) is 0 Å². The number of alkyl halides is 3. The van der Waals surface area contributed by atoms with Crippen LogP contribution in [0.5, 0.6) is 0 Å². The Kier molecular flexibility index (Phi) is 4.50. The lowest BCUT2D eigenvalue weighted by Crippen LogP contribution is -2.24. The van der Waals surface area contributed by atoms with E-state index >= 15 is 0 Å². The first-order valence-electron chi connectivity index (χ1n) is 6.90. The molecule has 2 unspecified atom stereocenters. The third kappa shape index (κ3) is 3.50. The lowest BCUT2D eigenvalue weighted by molar-refractivity contribution is -0.137. The van der Waals surface area contributed by atoms with Crippen molar-refractivity contribution in [1.82, 2.24) is 5.32 Å². The van der Waals surface area contributed by atoms with E-state index in [0.717, 1.165) is 25.1 Å². The first-order valence-corrected chi connectivity index (χ1v) is 6.90. The standard InChI is InChI=1S/C15H20F3N/c1-2-19-10-12-4-3-5-14(12)11-6-8-13(9-7-11)15(16,17)18/h6-9,12,14,19H,2-5,10H2,1H3. The average Bonchev–Trinajstić information content (AvgIpc) is 2.83. The van der Waals surface area contributed by atoms with Crippen LogP contribution < -0.4 is 5.32 Å². The van der Waals surface area contributed by atoms with Crippen molar-refractivity contribution in [2.45, 2.75) is 38.3 Å². The van der Waals surface area contributed by atoms with Crippen LogP contribution >= 0.6 is 0 Å². The van der Waals surface area contributed by atoms with E-state index in [0.29, 0.717) is 11.8 Å². The van der Waals surface area contributed by atoms with Gasteiger partial charge in [-0.25, -0.2) is 0 Å². The monoisotopic (exact) mass is 271 g/mol. The van der Waals surface area contributed by atoms with E-state index in [4.69, 9.17) is 0 Å². The molecule has 0 bridgehead atoms. The Morgan fingerprint density at radius 3 is 2.42 bits per heavy atom. The van der Waals surface area contributed by atoms with Gasteiger partial charge in [0.2, 0.25) is 0 Å². The quantitative estimate of drug-likeness (QED) is 0.865. The summed E-state index contributed by atoms with van der Waals surface area (Å²) >= 11 is 0. The van der Waals surface area contributed by atoms with Crippen LogP contribution in [0.1, 0.15) is 43.2 Å². The second kappa shape index (κ2) is 5.95. The number of benzene rings is 1. The van der Waals surface area contributed by atoms with Crippen molar-refractivity contribution in [2.24, 2.45) is 5.92 Å². The molecule has 2 atom stereocenters. The summed E-state index contributed by atoms with van der Waals surface area (Å²) in [5, 5.41) is 3.35. The fourth-order valence-corrected chi connectivity index (χ4v) is 2.97. The van der Waals surface area contributed by atoms with Gasteiger partial charge < -0.3 is 5.32 Å². The topological polar surface area (TPSA) is 12.0 Å². The van der Waals surface area contributed by atoms with Crippen LogP contribution in [0, 0.1) is 5.92 Å². The van der Waals surface area contributed by atoms with E-state index in [1.807, 2.05) is 0 Å². The lowest BCUT2D eigenvalue weighted by atomic mass is 9.88. The van der Waals surface area contributed by atoms with E-state index < -0.39 is 11.7 Å². The molecule has 0 aromatic heterocycles. The minimum absolute atomic E-state index is 0.404. The van der Waals surface area contributed by atoms with Crippen LogP contribution in [0.15, 0.2) is 24.3 Å². The zero-order valence-corrected chi connectivity index (χ0v) is 11.1. The highest BCUT2D eigenvalue weighted by Crippen LogP contribution is 2.40. The molecular weight excluding hydrogens is 251 g/mol. The Morgan fingerprint density at radius 1 is 1.16 bits per heavy atom. The second-order valence-corrected chi connectivity index (χ2v) is 5.22. The Hall–Kier alpha value is -1.03. The summed E-state index contributed by atoms with van der Waals surface area (Å²) in [7, 11) is 0. The van der Waals surface area contributed by atoms with Crippen molar-refractivity contribution in [3.05, 3.63) is 35.4 Å². The molecule has 1 aliphatic rings. The van der Waals surface area contributed by atoms with Crippen molar-refractivity contribution >= 4 is 0 Å². The van der Waals surface area contributed by atoms with Crippen LogP contribution in [0.2, 0.25) is 0 Å². The summed E-state index contributed by atoms with van der Waals surface area (Å²) < 4.78 is 37.6. The van der Waals surface area contributed by atoms with Crippen molar-refractivity contribution in [1.29, 1.82) is 0 Å². The maximum Gasteiger partial charge on any atom is 0.416 e. The predicted molar refractivity (Wildman–Crippen MR) is 70.1 cm³/mol. The first kappa shape index (κ1) is 14.4. The third-order valence-corrected chi connectivity index (χ3v) is 3.98. The second-order valence-electron chi connectivity index (χ2n) is 5.22. The molecule has 0 radical (unpaired) electrons. The molecule has 1 aromatic rings. The maximum absolute atomic E-state index is 12.5. The van der Waals surface area contributed by atoms with Crippen molar-refractivity contribution < 1.29 is 13.2 Å². The number of halogens is 3. The molecule has 4 heteroatoms. The smallest absolute Gasteiger partial charge is 0.317 e. The largest absolute Gasteiger partial charge is 0.416 e. The van der Waals surface area contributed by atoms with Gasteiger partial charge in [0.25, 0.3) is 0 Å². The molecule has 19 heavy (non-hydrogen) atoms. The van der Waals surface area contributed by atoms with Crippen LogP contribution in [0.25, 0.3) is 0 Å². The van der Waals surface area contributed by atoms with Gasteiger partial charge in [0.05, 0.1) is 5.56 Å². The average molecular weight is 271 g/mol. The van der Waals surface area contributed by atoms with Gasteiger partial charge in [-0.2, -0.15) is 13.2 Å². The Morgan fingerprint density at radius 2 is 1.84 bits per heavy atom. The molecule has 0 saturated heterocycles. The Bertz CT molecular complexity index is 397. The van der Waals surface area contributed by atoms with Crippen LogP contribution in [-0.4, -0.2) is 13.1 Å². The molecule has 0 heterocycles. The first-order chi connectivity index (χ1) is 9.02. The van der Waals surface area contributed by atoms with Crippen molar-refractivity contribution in [3.63, 3.8) is 0 Å². The van der Waals surface area contributed by atoms with E-state index in [9.17, 15) is 13.2 Å². The zero-order chi connectivity index (χ0) is 13.9. The maximum atomic E-state index is 12.5. The molecule has 1 nitrogen and oxygen atoms in total. The van der Waals surface area contributed by atoms with Gasteiger partial charge in [0, 0.05) is 0 Å². The summed E-state index contributed by atoms with van der Waals surface area (Å²) in [5.41, 5.74) is 0.492. The Labute approximate surface area is 112 Å². The molecule has 106 valence electrons. The number of nitrogens with one attached hydrogen (secondary N) is 1. The zero-order valence-electron chi connectivity index (χ0n) is 11.1. The lowest BCUT2D eigenvalue weighted by Gasteiger charge is -2.20. The minimum Gasteiger partial charge on any atom is -0.317 e. The molecule has 0 amide bonds. The van der Waals surface area contributed by atoms with Gasteiger partial charge in [-0.05, 0) is 55.5 Å². The van der Waals surface area contributed by atoms with Gasteiger partial charge in [0.15, 0.2) is 0 Å². The van der Waals surface area contributed by atoms with E-state index in [-0.39, 0.29) is 0 Å². The number of hydrogen-bond donors (Lipinski definition) is 1. The minimum atomic E-state index is -4.24. The summed E-state index contributed by atoms with van der Waals surface area (Å²) in [6, 6.07) is 5.71. The van der Waals surface area contributed by atoms with Crippen LogP contribution in [-0.2, 0) is 6.18 Å². The van der Waals surface area contributed by atoms with Gasteiger partial charge in [-0.1, -0.05) is 25.5 Å². The molecule has 1 fully saturated rings. The molecule has 1 saturated carbocycles. The van der Waals surface area contributed by atoms with Crippen molar-refractivity contribution in [2.75, 3.05) is 13.1 Å². The highest BCUT2D eigenvalue weighted by atomic mass is 19.4. The van der Waals surface area contributed by atoms with E-state index in [1.165, 1.54) is 25.0 Å². The predicted octanol–water partition coefficient (Wildman–Crippen LogP) is 4.20. The van der Waals surface area contributed by atoms with Gasteiger partial charge in [-0.3, -0.25) is 0 Å². The van der Waals surface area contributed by atoms with Gasteiger partial charge >= 0.3 is 6.18 Å². The van der Waals surface area contributed by atoms with E-state index in [2.05, 4.69) is 12.2 Å². The molecule has 1 aromatic carbocycles. The fourth-order valence-electron chi connectivity index (χ4n) is 2.97. The number of rotatable bonds is 4. The van der Waals surface area contributed by atoms with Gasteiger partial charge in [0.1, 0.15) is 0 Å². The highest BCUT2D eigenvalue weighted by Gasteiger charge is 2.32. The normalized spacial score (nSPS) is 23.8. The van der Waals surface area contributed by atoms with E-state index in [1.54, 1.807) is 12.1 Å². The molecule has 2 rings (SSSR count). The van der Waals surface area contributed by atoms with Gasteiger partial charge in [-0.15, -0.1) is 0 Å².